The number of ether oxygens (including phenoxy) is 4. The van der Waals surface area contributed by atoms with E-state index in [1.165, 1.54) is 0 Å². The Kier molecular flexibility index (Phi) is 12.3. The Labute approximate surface area is 396 Å². The van der Waals surface area contributed by atoms with Gasteiger partial charge in [-0.15, -0.1) is 0 Å². The third-order valence-corrected chi connectivity index (χ3v) is 14.4. The Morgan fingerprint density at radius 1 is 0.750 bits per heavy atom. The lowest BCUT2D eigenvalue weighted by atomic mass is 9.72. The first kappa shape index (κ1) is 45.2. The molecule has 2 saturated heterocycles. The monoisotopic (exact) mass is 918 g/mol. The first-order valence-electron chi connectivity index (χ1n) is 23.7. The molecule has 352 valence electrons. The molecular weight excluding hydrogens is 861 g/mol. The van der Waals surface area contributed by atoms with Gasteiger partial charge in [0, 0.05) is 112 Å². The van der Waals surface area contributed by atoms with Crippen molar-refractivity contribution in [1.82, 2.24) is 29.7 Å². The van der Waals surface area contributed by atoms with Crippen molar-refractivity contribution in [3.63, 3.8) is 0 Å². The third-order valence-electron chi connectivity index (χ3n) is 14.4. The van der Waals surface area contributed by atoms with Gasteiger partial charge in [0.25, 0.3) is 0 Å². The molecular formula is C53H58N8O7. The van der Waals surface area contributed by atoms with Crippen LogP contribution in [0, 0.1) is 0 Å². The number of hydrogen-bond donors (Lipinski definition) is 0. The number of fused-ring (bicyclic) bond motifs is 8. The van der Waals surface area contributed by atoms with Crippen LogP contribution in [0.5, 0.6) is 5.88 Å². The summed E-state index contributed by atoms with van der Waals surface area (Å²) < 4.78 is 22.6. The minimum absolute atomic E-state index is 0.0372. The Morgan fingerprint density at radius 3 is 1.99 bits per heavy atom. The van der Waals surface area contributed by atoms with E-state index >= 15 is 0 Å². The maximum absolute atomic E-state index is 14.6. The molecule has 15 nitrogen and oxygen atoms in total. The molecule has 0 unspecified atom stereocenters. The highest BCUT2D eigenvalue weighted by molar-refractivity contribution is 6.14. The van der Waals surface area contributed by atoms with Crippen molar-refractivity contribution in [3.05, 3.63) is 102 Å². The zero-order chi connectivity index (χ0) is 47.2. The van der Waals surface area contributed by atoms with Crippen molar-refractivity contribution >= 4 is 51.1 Å². The fourth-order valence-electron chi connectivity index (χ4n) is 10.8. The number of amides is 3. The van der Waals surface area contributed by atoms with Gasteiger partial charge in [0.1, 0.15) is 0 Å². The molecule has 0 atom stereocenters. The van der Waals surface area contributed by atoms with Crippen LogP contribution in [0.25, 0.3) is 44.1 Å². The van der Waals surface area contributed by atoms with Gasteiger partial charge in [-0.25, -0.2) is 9.78 Å². The van der Waals surface area contributed by atoms with Crippen LogP contribution in [-0.4, -0.2) is 127 Å². The van der Waals surface area contributed by atoms with Crippen LogP contribution in [0.15, 0.2) is 85.5 Å². The molecule has 0 saturated carbocycles. The maximum atomic E-state index is 14.6. The number of rotatable bonds is 13. The number of anilines is 2. The summed E-state index contributed by atoms with van der Waals surface area (Å²) in [4.78, 5) is 67.7. The largest absolute Gasteiger partial charge is 0.478 e. The quantitative estimate of drug-likeness (QED) is 0.104. The number of likely N-dealkylation sites (N-methyl/N-ethyl adjacent to an activating group) is 2. The highest BCUT2D eigenvalue weighted by Gasteiger charge is 2.54. The number of piperidine rings is 1. The number of aromatic nitrogens is 4. The molecule has 68 heavy (non-hydrogen) atoms. The summed E-state index contributed by atoms with van der Waals surface area (Å²) in [5.41, 5.74) is 8.79. The number of nitrogens with zero attached hydrogens (tertiary/aromatic N) is 8. The van der Waals surface area contributed by atoms with E-state index in [0.717, 1.165) is 85.2 Å². The zero-order valence-corrected chi connectivity index (χ0v) is 39.5. The topological polar surface area (TPSA) is 153 Å². The van der Waals surface area contributed by atoms with Crippen molar-refractivity contribution in [2.45, 2.75) is 69.5 Å². The van der Waals surface area contributed by atoms with Gasteiger partial charge in [-0.05, 0) is 101 Å². The SMILES string of the molecule is COCc1ccc(-c2ccc3ncc4c(c3c2)C2(CCOCC2)C(=O)N4CCN(C)CCCOc2ccc(-c3ccc4ncc5c(c4c3)C3(CCN(C(=O)OC(C)C)CC3)C(=O)N5C)cn2)cn1. The van der Waals surface area contributed by atoms with E-state index in [-0.39, 0.29) is 24.0 Å². The van der Waals surface area contributed by atoms with Crippen LogP contribution in [0.1, 0.15) is 62.8 Å². The highest BCUT2D eigenvalue weighted by atomic mass is 16.6. The molecule has 2 spiro atoms. The lowest BCUT2D eigenvalue weighted by molar-refractivity contribution is -0.126. The summed E-state index contributed by atoms with van der Waals surface area (Å²) in [6, 6.07) is 20.4. The van der Waals surface area contributed by atoms with Gasteiger partial charge in [-0.2, -0.15) is 0 Å². The predicted molar refractivity (Wildman–Crippen MR) is 260 cm³/mol. The van der Waals surface area contributed by atoms with E-state index in [9.17, 15) is 14.4 Å². The second-order valence-corrected chi connectivity index (χ2v) is 18.9. The van der Waals surface area contributed by atoms with Gasteiger partial charge in [-0.1, -0.05) is 18.2 Å². The summed E-state index contributed by atoms with van der Waals surface area (Å²) in [6.07, 6.45) is 9.88. The third kappa shape index (κ3) is 8.09. The van der Waals surface area contributed by atoms with Gasteiger partial charge < -0.3 is 38.5 Å². The molecule has 4 aliphatic rings. The summed E-state index contributed by atoms with van der Waals surface area (Å²) in [6.45, 7) is 8.56. The summed E-state index contributed by atoms with van der Waals surface area (Å²) >= 11 is 0. The normalized spacial score (nSPS) is 17.3. The summed E-state index contributed by atoms with van der Waals surface area (Å²) in [5.74, 6) is 0.707. The Balaban J connectivity index is 0.778. The predicted octanol–water partition coefficient (Wildman–Crippen LogP) is 7.70. The Bertz CT molecular complexity index is 2880. The summed E-state index contributed by atoms with van der Waals surface area (Å²) in [7, 11) is 5.55. The van der Waals surface area contributed by atoms with Crippen LogP contribution in [0.2, 0.25) is 0 Å². The first-order chi connectivity index (χ1) is 33.0. The standard InChI is InChI=1S/C53H58N8O7/c1-34(2)68-51(64)60-20-15-52(16-21-60)47-40-27-36(9-12-42(40)55-31-44(47)59(4)49(52)62)38-10-14-46(57-30-38)67-24-6-19-58(3)22-23-61-45-32-56-43-13-8-35(37-7-11-39(33-65-5)54-29-37)28-41(43)48(45)53(50(61)63)17-25-66-26-18-53/h7-14,27-32,34H,6,15-26,33H2,1-5H3. The van der Waals surface area contributed by atoms with Gasteiger partial charge in [0.2, 0.25) is 17.7 Å². The molecule has 0 bridgehead atoms. The molecule has 0 aliphatic carbocycles. The zero-order valence-electron chi connectivity index (χ0n) is 39.5. The molecule has 3 amide bonds. The second-order valence-electron chi connectivity index (χ2n) is 18.9. The molecule has 10 rings (SSSR count). The van der Waals surface area contributed by atoms with Crippen molar-refractivity contribution in [2.75, 3.05) is 83.5 Å². The first-order valence-corrected chi connectivity index (χ1v) is 23.7. The van der Waals surface area contributed by atoms with Gasteiger partial charge >= 0.3 is 6.09 Å². The van der Waals surface area contributed by atoms with Crippen molar-refractivity contribution in [2.24, 2.45) is 0 Å². The smallest absolute Gasteiger partial charge is 0.410 e. The minimum atomic E-state index is -0.748. The number of likely N-dealkylation sites (tertiary alicyclic amines) is 1. The van der Waals surface area contributed by atoms with Crippen LogP contribution in [0.3, 0.4) is 0 Å². The van der Waals surface area contributed by atoms with Gasteiger partial charge in [0.15, 0.2) is 0 Å². The number of methoxy groups -OCH3 is 1. The van der Waals surface area contributed by atoms with Crippen LogP contribution < -0.4 is 14.5 Å². The number of hydrogen-bond acceptors (Lipinski definition) is 12. The van der Waals surface area contributed by atoms with E-state index in [0.29, 0.717) is 84.2 Å². The molecule has 4 aromatic heterocycles. The molecule has 0 N–H and O–H groups in total. The maximum Gasteiger partial charge on any atom is 0.410 e. The van der Waals surface area contributed by atoms with Crippen molar-refractivity contribution in [3.8, 4) is 28.1 Å². The number of carbonyl (C=O) groups is 3. The van der Waals surface area contributed by atoms with Gasteiger partial charge in [-0.3, -0.25) is 24.5 Å². The van der Waals surface area contributed by atoms with Crippen molar-refractivity contribution < 1.29 is 33.3 Å². The second kappa shape index (κ2) is 18.5. The average Bonchev–Trinajstić information content (AvgIpc) is 3.71. The molecule has 4 aliphatic heterocycles. The lowest BCUT2D eigenvalue weighted by Gasteiger charge is -2.38. The molecule has 2 aromatic carbocycles. The highest BCUT2D eigenvalue weighted by Crippen LogP contribution is 2.52. The van der Waals surface area contributed by atoms with Crippen LogP contribution in [0.4, 0.5) is 16.2 Å². The lowest BCUT2D eigenvalue weighted by Crippen LogP contribution is -2.50. The number of benzene rings is 2. The number of pyridine rings is 4. The number of carbonyl (C=O) groups excluding carboxylic acids is 3. The fraction of sp³-hybridized carbons (Fsp3) is 0.415. The van der Waals surface area contributed by atoms with E-state index in [4.69, 9.17) is 28.9 Å². The average molecular weight is 919 g/mol. The van der Waals surface area contributed by atoms with Crippen LogP contribution >= 0.6 is 0 Å². The molecule has 15 heteroatoms. The van der Waals surface area contributed by atoms with E-state index in [2.05, 4.69) is 46.2 Å². The Hall–Kier alpha value is -6.55. The molecule has 8 heterocycles. The molecule has 2 fully saturated rings. The Morgan fingerprint density at radius 2 is 1.37 bits per heavy atom. The van der Waals surface area contributed by atoms with E-state index in [1.54, 1.807) is 23.1 Å². The fourth-order valence-corrected chi connectivity index (χ4v) is 10.8. The van der Waals surface area contributed by atoms with Crippen LogP contribution in [-0.2, 0) is 41.2 Å². The molecule has 6 aromatic rings. The van der Waals surface area contributed by atoms with Gasteiger partial charge in [0.05, 0.1) is 70.6 Å². The van der Waals surface area contributed by atoms with E-state index in [1.807, 2.05) is 80.8 Å². The summed E-state index contributed by atoms with van der Waals surface area (Å²) in [5, 5.41) is 1.93. The minimum Gasteiger partial charge on any atom is -0.478 e. The van der Waals surface area contributed by atoms with E-state index < -0.39 is 10.8 Å². The van der Waals surface area contributed by atoms with Crippen molar-refractivity contribution in [1.29, 1.82) is 0 Å². The molecule has 0 radical (unpaired) electrons.